The van der Waals surface area contributed by atoms with Gasteiger partial charge in [-0.05, 0) is 38.0 Å². The monoisotopic (exact) mass is 348 g/mol. The van der Waals surface area contributed by atoms with Crippen molar-refractivity contribution in [3.05, 3.63) is 54.1 Å². The number of fused-ring (bicyclic) bond motifs is 1. The first kappa shape index (κ1) is 16.3. The zero-order valence-corrected chi connectivity index (χ0v) is 14.7. The quantitative estimate of drug-likeness (QED) is 0.756. The summed E-state index contributed by atoms with van der Waals surface area (Å²) in [7, 11) is 0. The van der Waals surface area contributed by atoms with Crippen LogP contribution in [0.4, 0.5) is 5.95 Å². The van der Waals surface area contributed by atoms with Gasteiger partial charge >= 0.3 is 0 Å². The summed E-state index contributed by atoms with van der Waals surface area (Å²) >= 11 is 0. The molecule has 0 fully saturated rings. The second kappa shape index (κ2) is 6.59. The molecule has 7 heteroatoms. The summed E-state index contributed by atoms with van der Waals surface area (Å²) in [5.41, 5.74) is 3.50. The number of nitrogens with one attached hydrogen (secondary N) is 2. The van der Waals surface area contributed by atoms with Crippen LogP contribution in [0, 0.1) is 0 Å². The number of imidazole rings is 1. The van der Waals surface area contributed by atoms with E-state index in [4.69, 9.17) is 0 Å². The molecule has 3 heterocycles. The Bertz CT molecular complexity index is 945. The van der Waals surface area contributed by atoms with Crippen LogP contribution in [0.3, 0.4) is 0 Å². The summed E-state index contributed by atoms with van der Waals surface area (Å²) in [6, 6.07) is 6.20. The van der Waals surface area contributed by atoms with Crippen LogP contribution in [0.25, 0.3) is 17.1 Å². The smallest absolute Gasteiger partial charge is 0.251 e. The van der Waals surface area contributed by atoms with Gasteiger partial charge in [0.25, 0.3) is 5.91 Å². The second-order valence-corrected chi connectivity index (χ2v) is 6.56. The predicted octanol–water partition coefficient (Wildman–Crippen LogP) is 2.44. The van der Waals surface area contributed by atoms with Crippen molar-refractivity contribution in [3.63, 3.8) is 0 Å². The van der Waals surface area contributed by atoms with Gasteiger partial charge in [0.05, 0.1) is 5.56 Å². The molecule has 0 bridgehead atoms. The van der Waals surface area contributed by atoms with Crippen molar-refractivity contribution in [1.29, 1.82) is 0 Å². The van der Waals surface area contributed by atoms with Crippen molar-refractivity contribution in [2.75, 3.05) is 11.9 Å². The normalized spacial score (nSPS) is 13.4. The SMILES string of the molecule is CC(C)Nc1ncc(-c2nccn2-c2ccc3c(c2)C(=O)NCC3)cn1. The third-order valence-corrected chi connectivity index (χ3v) is 4.26. The highest BCUT2D eigenvalue weighted by Crippen LogP contribution is 2.24. The summed E-state index contributed by atoms with van der Waals surface area (Å²) in [5, 5.41) is 6.06. The Hall–Kier alpha value is -3.22. The number of carbonyl (C=O) groups is 1. The first-order chi connectivity index (χ1) is 12.6. The minimum absolute atomic E-state index is 0.0257. The lowest BCUT2D eigenvalue weighted by Crippen LogP contribution is -2.31. The highest BCUT2D eigenvalue weighted by atomic mass is 16.1. The molecule has 1 aromatic carbocycles. The Morgan fingerprint density at radius 3 is 2.77 bits per heavy atom. The lowest BCUT2D eigenvalue weighted by Gasteiger charge is -2.18. The summed E-state index contributed by atoms with van der Waals surface area (Å²) < 4.78 is 1.94. The number of nitrogens with zero attached hydrogens (tertiary/aromatic N) is 4. The number of rotatable bonds is 4. The van der Waals surface area contributed by atoms with Crippen LogP contribution < -0.4 is 10.6 Å². The van der Waals surface area contributed by atoms with Gasteiger partial charge in [0.15, 0.2) is 0 Å². The van der Waals surface area contributed by atoms with Gasteiger partial charge < -0.3 is 10.6 Å². The van der Waals surface area contributed by atoms with Crippen LogP contribution in [0.5, 0.6) is 0 Å². The first-order valence-corrected chi connectivity index (χ1v) is 8.65. The van der Waals surface area contributed by atoms with E-state index in [0.717, 1.165) is 34.6 Å². The molecular formula is C19H20N6O. The van der Waals surface area contributed by atoms with Gasteiger partial charge in [-0.25, -0.2) is 15.0 Å². The molecule has 0 aliphatic carbocycles. The molecule has 2 N–H and O–H groups in total. The maximum absolute atomic E-state index is 12.1. The summed E-state index contributed by atoms with van der Waals surface area (Å²) in [5.74, 6) is 1.30. The lowest BCUT2D eigenvalue weighted by molar-refractivity contribution is 0.0946. The van der Waals surface area contributed by atoms with E-state index in [1.54, 1.807) is 18.6 Å². The molecule has 4 rings (SSSR count). The molecule has 0 radical (unpaired) electrons. The van der Waals surface area contributed by atoms with Gasteiger partial charge in [-0.1, -0.05) is 6.07 Å². The van der Waals surface area contributed by atoms with Crippen LogP contribution in [0.1, 0.15) is 29.8 Å². The van der Waals surface area contributed by atoms with E-state index in [2.05, 4.69) is 25.6 Å². The van der Waals surface area contributed by atoms with Crippen molar-refractivity contribution in [2.45, 2.75) is 26.3 Å². The van der Waals surface area contributed by atoms with Gasteiger partial charge in [-0.15, -0.1) is 0 Å². The van der Waals surface area contributed by atoms with Crippen LogP contribution in [-0.2, 0) is 6.42 Å². The maximum atomic E-state index is 12.1. The fourth-order valence-electron chi connectivity index (χ4n) is 3.05. The largest absolute Gasteiger partial charge is 0.352 e. The lowest BCUT2D eigenvalue weighted by atomic mass is 10.00. The molecule has 0 spiro atoms. The third-order valence-electron chi connectivity index (χ3n) is 4.26. The predicted molar refractivity (Wildman–Crippen MR) is 99.4 cm³/mol. The molecule has 0 unspecified atom stereocenters. The summed E-state index contributed by atoms with van der Waals surface area (Å²) in [6.45, 7) is 4.77. The van der Waals surface area contributed by atoms with E-state index in [0.29, 0.717) is 12.5 Å². The Morgan fingerprint density at radius 2 is 2.00 bits per heavy atom. The van der Waals surface area contributed by atoms with E-state index < -0.39 is 0 Å². The fourth-order valence-corrected chi connectivity index (χ4v) is 3.05. The minimum atomic E-state index is -0.0257. The van der Waals surface area contributed by atoms with Crippen LogP contribution >= 0.6 is 0 Å². The molecule has 1 aliphatic heterocycles. The minimum Gasteiger partial charge on any atom is -0.352 e. The van der Waals surface area contributed by atoms with Gasteiger partial charge in [-0.3, -0.25) is 9.36 Å². The molecule has 3 aromatic rings. The van der Waals surface area contributed by atoms with Crippen LogP contribution in [-0.4, -0.2) is 38.0 Å². The third kappa shape index (κ3) is 3.03. The first-order valence-electron chi connectivity index (χ1n) is 8.65. The van der Waals surface area contributed by atoms with Gasteiger partial charge in [-0.2, -0.15) is 0 Å². The number of amides is 1. The van der Waals surface area contributed by atoms with Crippen molar-refractivity contribution in [3.8, 4) is 17.1 Å². The van der Waals surface area contributed by atoms with E-state index >= 15 is 0 Å². The van der Waals surface area contributed by atoms with Gasteiger partial charge in [0.2, 0.25) is 5.95 Å². The summed E-state index contributed by atoms with van der Waals surface area (Å²) in [4.78, 5) is 25.3. The Kier molecular flexibility index (Phi) is 4.12. The molecule has 7 nitrogen and oxygen atoms in total. The number of hydrogen-bond acceptors (Lipinski definition) is 5. The molecule has 0 atom stereocenters. The molecule has 1 aliphatic rings. The molecular weight excluding hydrogens is 328 g/mol. The molecule has 2 aromatic heterocycles. The maximum Gasteiger partial charge on any atom is 0.251 e. The standard InChI is InChI=1S/C19H20N6O/c1-12(2)24-19-22-10-14(11-23-19)17-20-7-8-25(17)15-4-3-13-5-6-21-18(26)16(13)9-15/h3-4,7-12H,5-6H2,1-2H3,(H,21,26)(H,22,23,24). The highest BCUT2D eigenvalue weighted by molar-refractivity contribution is 5.97. The molecule has 26 heavy (non-hydrogen) atoms. The number of aromatic nitrogens is 4. The molecule has 0 saturated carbocycles. The van der Waals surface area contributed by atoms with Gasteiger partial charge in [0.1, 0.15) is 5.82 Å². The topological polar surface area (TPSA) is 84.7 Å². The average molecular weight is 348 g/mol. The van der Waals surface area contributed by atoms with Crippen LogP contribution in [0.2, 0.25) is 0 Å². The number of benzene rings is 1. The zero-order chi connectivity index (χ0) is 18.1. The summed E-state index contributed by atoms with van der Waals surface area (Å²) in [6.07, 6.45) is 7.97. The highest BCUT2D eigenvalue weighted by Gasteiger charge is 2.18. The van der Waals surface area contributed by atoms with E-state index in [1.807, 2.05) is 42.8 Å². The molecule has 1 amide bonds. The van der Waals surface area contributed by atoms with E-state index in [9.17, 15) is 4.79 Å². The van der Waals surface area contributed by atoms with Crippen molar-refractivity contribution >= 4 is 11.9 Å². The Labute approximate surface area is 151 Å². The van der Waals surface area contributed by atoms with Crippen molar-refractivity contribution < 1.29 is 4.79 Å². The second-order valence-electron chi connectivity index (χ2n) is 6.56. The zero-order valence-electron chi connectivity index (χ0n) is 14.7. The van der Waals surface area contributed by atoms with E-state index in [1.165, 1.54) is 0 Å². The molecule has 0 saturated heterocycles. The van der Waals surface area contributed by atoms with Crippen molar-refractivity contribution in [2.24, 2.45) is 0 Å². The van der Waals surface area contributed by atoms with Crippen molar-refractivity contribution in [1.82, 2.24) is 24.8 Å². The Morgan fingerprint density at radius 1 is 1.19 bits per heavy atom. The van der Waals surface area contributed by atoms with E-state index in [-0.39, 0.29) is 11.9 Å². The fraction of sp³-hybridized carbons (Fsp3) is 0.263. The molecule has 132 valence electrons. The number of hydrogen-bond donors (Lipinski definition) is 2. The number of carbonyl (C=O) groups excluding carboxylic acids is 1. The Balaban J connectivity index is 1.69. The average Bonchev–Trinajstić information content (AvgIpc) is 3.12. The van der Waals surface area contributed by atoms with Gasteiger partial charge in [0, 0.05) is 48.6 Å². The van der Waals surface area contributed by atoms with Crippen LogP contribution in [0.15, 0.2) is 43.0 Å². The number of anilines is 1.